The van der Waals surface area contributed by atoms with E-state index in [2.05, 4.69) is 66.7 Å². The molecule has 0 aliphatic carbocycles. The number of carbonyl (C=O) groups excluding carboxylic acids is 1. The molecule has 0 unspecified atom stereocenters. The van der Waals surface area contributed by atoms with Crippen LogP contribution in [0.3, 0.4) is 0 Å². The van der Waals surface area contributed by atoms with Crippen LogP contribution in [0.4, 0.5) is 0 Å². The molecular weight excluding hydrogens is 649 g/mol. The zero-order valence-electron chi connectivity index (χ0n) is 28.1. The Balaban J connectivity index is 1.23. The van der Waals surface area contributed by atoms with Crippen molar-refractivity contribution in [3.63, 3.8) is 0 Å². The summed E-state index contributed by atoms with van der Waals surface area (Å²) in [5.41, 5.74) is 13.1. The molecule has 52 heavy (non-hydrogen) atoms. The maximum Gasteiger partial charge on any atom is 0.337 e. The van der Waals surface area contributed by atoms with Crippen LogP contribution >= 0.6 is 0 Å². The van der Waals surface area contributed by atoms with E-state index in [1.54, 1.807) is 36.4 Å². The van der Waals surface area contributed by atoms with Crippen LogP contribution in [-0.4, -0.2) is 35.2 Å². The fourth-order valence-corrected chi connectivity index (χ4v) is 6.22. The minimum absolute atomic E-state index is 0.248. The quantitative estimate of drug-likeness (QED) is 0.147. The van der Waals surface area contributed by atoms with E-state index >= 15 is 0 Å². The molecule has 0 heterocycles. The van der Waals surface area contributed by atoms with Crippen molar-refractivity contribution in [2.75, 3.05) is 7.11 Å². The number of hydrogen-bond donors (Lipinski definition) is 2. The Morgan fingerprint density at radius 2 is 0.519 bits per heavy atom. The molecule has 252 valence electrons. The third kappa shape index (κ3) is 7.13. The summed E-state index contributed by atoms with van der Waals surface area (Å²) in [5.74, 6) is -2.28. The number of benzene rings is 7. The number of rotatable bonds is 9. The number of methoxy groups -OCH3 is 1. The summed E-state index contributed by atoms with van der Waals surface area (Å²) < 4.78 is 4.83. The molecule has 7 aromatic carbocycles. The lowest BCUT2D eigenvalue weighted by atomic mass is 9.91. The highest BCUT2D eigenvalue weighted by Crippen LogP contribution is 2.35. The number of esters is 1. The summed E-state index contributed by atoms with van der Waals surface area (Å²) in [7, 11) is 1.37. The molecule has 0 atom stereocenters. The largest absolute Gasteiger partial charge is 0.478 e. The predicted molar refractivity (Wildman–Crippen MR) is 204 cm³/mol. The van der Waals surface area contributed by atoms with E-state index in [9.17, 15) is 24.6 Å². The molecule has 0 fully saturated rings. The highest BCUT2D eigenvalue weighted by atomic mass is 16.5. The van der Waals surface area contributed by atoms with Crippen LogP contribution < -0.4 is 0 Å². The Morgan fingerprint density at radius 3 is 0.731 bits per heavy atom. The summed E-state index contributed by atoms with van der Waals surface area (Å²) in [4.78, 5) is 34.5. The molecule has 0 bridgehead atoms. The molecule has 0 aromatic heterocycles. The Hall–Kier alpha value is -7.05. The highest BCUT2D eigenvalue weighted by Gasteiger charge is 2.11. The van der Waals surface area contributed by atoms with Crippen molar-refractivity contribution < 1.29 is 29.3 Å². The minimum atomic E-state index is -0.953. The first-order chi connectivity index (χ1) is 25.2. The summed E-state index contributed by atoms with van der Waals surface area (Å²) in [5, 5.41) is 18.6. The van der Waals surface area contributed by atoms with Crippen LogP contribution in [0.25, 0.3) is 66.8 Å². The van der Waals surface area contributed by atoms with Gasteiger partial charge in [0.1, 0.15) is 0 Å². The number of carboxylic acids is 2. The zero-order chi connectivity index (χ0) is 36.2. The standard InChI is InChI=1S/C46H32O6/c1-52-46(51)40-24-18-34(19-25-40)31-6-12-37(13-7-31)43-27-41(35-8-2-29(3-9-35)32-14-20-38(21-15-32)44(47)48)26-42(28-43)36-10-4-30(5-11-36)33-16-22-39(23-17-33)45(49)50/h2-28H,1H3,(H,47,48)(H,49,50). The average Bonchev–Trinajstić information content (AvgIpc) is 3.20. The van der Waals surface area contributed by atoms with E-state index in [0.29, 0.717) is 5.56 Å². The van der Waals surface area contributed by atoms with Gasteiger partial charge in [-0.25, -0.2) is 14.4 Å². The topological polar surface area (TPSA) is 101 Å². The number of hydrogen-bond acceptors (Lipinski definition) is 4. The van der Waals surface area contributed by atoms with Gasteiger partial charge in [-0.05, 0) is 121 Å². The Morgan fingerprint density at radius 1 is 0.327 bits per heavy atom. The van der Waals surface area contributed by atoms with Gasteiger partial charge in [-0.1, -0.05) is 109 Å². The molecule has 0 amide bonds. The van der Waals surface area contributed by atoms with Gasteiger partial charge in [-0.3, -0.25) is 0 Å². The summed E-state index contributed by atoms with van der Waals surface area (Å²) in [6.07, 6.45) is 0. The van der Waals surface area contributed by atoms with Crippen molar-refractivity contribution in [3.8, 4) is 66.8 Å². The van der Waals surface area contributed by atoms with Crippen molar-refractivity contribution in [2.24, 2.45) is 0 Å². The first-order valence-electron chi connectivity index (χ1n) is 16.6. The average molecular weight is 681 g/mol. The molecule has 2 N–H and O–H groups in total. The van der Waals surface area contributed by atoms with Gasteiger partial charge in [0.2, 0.25) is 0 Å². The molecule has 0 saturated heterocycles. The molecule has 0 aliphatic heterocycles. The lowest BCUT2D eigenvalue weighted by Crippen LogP contribution is -2.00. The van der Waals surface area contributed by atoms with Gasteiger partial charge in [-0.15, -0.1) is 0 Å². The van der Waals surface area contributed by atoms with E-state index in [0.717, 1.165) is 66.8 Å². The van der Waals surface area contributed by atoms with Crippen LogP contribution in [0.15, 0.2) is 164 Å². The molecule has 7 rings (SSSR count). The van der Waals surface area contributed by atoms with Crippen molar-refractivity contribution in [1.29, 1.82) is 0 Å². The zero-order valence-corrected chi connectivity index (χ0v) is 28.1. The third-order valence-electron chi connectivity index (χ3n) is 9.16. The summed E-state index contributed by atoms with van der Waals surface area (Å²) in [6, 6.07) is 52.4. The smallest absolute Gasteiger partial charge is 0.337 e. The Bertz CT molecular complexity index is 2270. The molecule has 7 aromatic rings. The van der Waals surface area contributed by atoms with E-state index in [4.69, 9.17) is 4.74 Å². The third-order valence-corrected chi connectivity index (χ3v) is 9.16. The number of carboxylic acid groups (broad SMARTS) is 2. The molecule has 0 spiro atoms. The number of ether oxygens (including phenoxy) is 1. The van der Waals surface area contributed by atoms with E-state index in [1.165, 1.54) is 7.11 Å². The first-order valence-corrected chi connectivity index (χ1v) is 16.6. The van der Waals surface area contributed by atoms with Gasteiger partial charge in [0.15, 0.2) is 0 Å². The van der Waals surface area contributed by atoms with E-state index < -0.39 is 11.9 Å². The summed E-state index contributed by atoms with van der Waals surface area (Å²) >= 11 is 0. The van der Waals surface area contributed by atoms with E-state index in [-0.39, 0.29) is 17.1 Å². The second-order valence-corrected chi connectivity index (χ2v) is 12.4. The highest BCUT2D eigenvalue weighted by molar-refractivity contribution is 5.91. The summed E-state index contributed by atoms with van der Waals surface area (Å²) in [6.45, 7) is 0. The molecule has 0 aliphatic rings. The molecule has 0 saturated carbocycles. The van der Waals surface area contributed by atoms with Crippen LogP contribution in [-0.2, 0) is 4.74 Å². The lowest BCUT2D eigenvalue weighted by molar-refractivity contribution is 0.0599. The van der Waals surface area contributed by atoms with Gasteiger partial charge >= 0.3 is 17.9 Å². The molecule has 6 heteroatoms. The number of aromatic carboxylic acids is 2. The first kappa shape index (κ1) is 33.4. The second kappa shape index (κ2) is 14.4. The Labute approximate surface area is 300 Å². The maximum absolute atomic E-state index is 11.9. The maximum atomic E-state index is 11.9. The van der Waals surface area contributed by atoms with Crippen LogP contribution in [0.5, 0.6) is 0 Å². The normalized spacial score (nSPS) is 10.8. The monoisotopic (exact) mass is 680 g/mol. The fourth-order valence-electron chi connectivity index (χ4n) is 6.22. The minimum Gasteiger partial charge on any atom is -0.478 e. The van der Waals surface area contributed by atoms with Crippen molar-refractivity contribution in [2.45, 2.75) is 0 Å². The van der Waals surface area contributed by atoms with Gasteiger partial charge < -0.3 is 14.9 Å². The van der Waals surface area contributed by atoms with Crippen LogP contribution in [0.1, 0.15) is 31.1 Å². The SMILES string of the molecule is COC(=O)c1ccc(-c2ccc(-c3cc(-c4ccc(-c5ccc(C(=O)O)cc5)cc4)cc(-c4ccc(-c5ccc(C(=O)O)cc5)cc4)c3)cc2)cc1. The number of carbonyl (C=O) groups is 3. The Kier molecular flexibility index (Phi) is 9.28. The van der Waals surface area contributed by atoms with Gasteiger partial charge in [0.05, 0.1) is 23.8 Å². The van der Waals surface area contributed by atoms with Gasteiger partial charge in [0.25, 0.3) is 0 Å². The van der Waals surface area contributed by atoms with Crippen molar-refractivity contribution >= 4 is 17.9 Å². The van der Waals surface area contributed by atoms with Crippen LogP contribution in [0.2, 0.25) is 0 Å². The molecule has 0 radical (unpaired) electrons. The van der Waals surface area contributed by atoms with Crippen molar-refractivity contribution in [1.82, 2.24) is 0 Å². The van der Waals surface area contributed by atoms with Gasteiger partial charge in [0, 0.05) is 0 Å². The fraction of sp³-hybridized carbons (Fsp3) is 0.0217. The predicted octanol–water partition coefficient (Wildman–Crippen LogP) is 10.9. The lowest BCUT2D eigenvalue weighted by Gasteiger charge is -2.13. The van der Waals surface area contributed by atoms with E-state index in [1.807, 2.05) is 60.7 Å². The van der Waals surface area contributed by atoms with Crippen LogP contribution in [0, 0.1) is 0 Å². The second-order valence-electron chi connectivity index (χ2n) is 12.4. The van der Waals surface area contributed by atoms with Crippen molar-refractivity contribution in [3.05, 3.63) is 180 Å². The molecule has 6 nitrogen and oxygen atoms in total. The molecular formula is C46H32O6. The van der Waals surface area contributed by atoms with Gasteiger partial charge in [-0.2, -0.15) is 0 Å².